The molecule has 4 rings (SSSR count). The third kappa shape index (κ3) is 4.70. The van der Waals surface area contributed by atoms with Crippen LogP contribution in [0.1, 0.15) is 40.3 Å². The summed E-state index contributed by atoms with van der Waals surface area (Å²) in [6.07, 6.45) is -5.77. The number of hydrogen-bond donors (Lipinski definition) is 1. The van der Waals surface area contributed by atoms with E-state index in [0.29, 0.717) is 28.0 Å². The summed E-state index contributed by atoms with van der Waals surface area (Å²) in [5.74, 6) is 0.132. The summed E-state index contributed by atoms with van der Waals surface area (Å²) in [7, 11) is 1.45. The molecule has 35 heavy (non-hydrogen) atoms. The first kappa shape index (κ1) is 24.6. The molecule has 2 aromatic heterocycles. The number of rotatable bonds is 7. The highest BCUT2D eigenvalue weighted by atomic mass is 19.4. The zero-order valence-corrected chi connectivity index (χ0v) is 18.9. The van der Waals surface area contributed by atoms with E-state index in [0.717, 1.165) is 6.33 Å². The van der Waals surface area contributed by atoms with Crippen molar-refractivity contribution in [2.45, 2.75) is 38.4 Å². The summed E-state index contributed by atoms with van der Waals surface area (Å²) in [5, 5.41) is 13.6. The van der Waals surface area contributed by atoms with Gasteiger partial charge in [0.2, 0.25) is 0 Å². The van der Waals surface area contributed by atoms with Gasteiger partial charge < -0.3 is 10.5 Å². The number of halogens is 5. The number of ether oxygens (including phenoxy) is 1. The highest BCUT2D eigenvalue weighted by Gasteiger charge is 2.39. The number of alkyl halides is 5. The maximum Gasteiger partial charge on any atom is 0.401 e. The molecule has 1 aromatic carbocycles. The summed E-state index contributed by atoms with van der Waals surface area (Å²) >= 11 is 0. The number of likely N-dealkylation sites (tertiary alicyclic amines) is 1. The molecular weight excluding hydrogens is 473 g/mol. The van der Waals surface area contributed by atoms with Crippen LogP contribution >= 0.6 is 0 Å². The normalized spacial score (nSPS) is 14.9. The van der Waals surface area contributed by atoms with Crippen LogP contribution in [0.15, 0.2) is 12.4 Å². The second-order valence-electron chi connectivity index (χ2n) is 8.39. The molecule has 3 aromatic rings. The Hall–Kier alpha value is -3.53. The van der Waals surface area contributed by atoms with E-state index in [9.17, 15) is 27.2 Å². The largest absolute Gasteiger partial charge is 0.496 e. The number of nitrogens with zero attached hydrogens (tertiary/aromatic N) is 6. The van der Waals surface area contributed by atoms with Gasteiger partial charge in [0.05, 0.1) is 30.7 Å². The van der Waals surface area contributed by atoms with E-state index in [2.05, 4.69) is 21.1 Å². The van der Waals surface area contributed by atoms with Crippen molar-refractivity contribution in [3.05, 3.63) is 40.3 Å². The molecule has 3 heterocycles. The van der Waals surface area contributed by atoms with Gasteiger partial charge in [-0.05, 0) is 30.5 Å². The molecule has 2 N–H and O–H groups in total. The van der Waals surface area contributed by atoms with E-state index in [1.54, 1.807) is 13.0 Å². The number of aromatic nitrogens is 4. The van der Waals surface area contributed by atoms with Gasteiger partial charge in [0, 0.05) is 31.1 Å². The number of methoxy groups -OCH3 is 1. The average molecular weight is 495 g/mol. The Morgan fingerprint density at radius 3 is 2.60 bits per heavy atom. The topological polar surface area (TPSA) is 106 Å². The van der Waals surface area contributed by atoms with Gasteiger partial charge in [-0.15, -0.1) is 0 Å². The van der Waals surface area contributed by atoms with Gasteiger partial charge in [-0.1, -0.05) is 0 Å². The Kier molecular flexibility index (Phi) is 6.50. The number of aryl methyl sites for hydroxylation is 2. The third-order valence-corrected chi connectivity index (χ3v) is 6.14. The smallest absolute Gasteiger partial charge is 0.401 e. The first-order valence-electron chi connectivity index (χ1n) is 10.7. The van der Waals surface area contributed by atoms with Gasteiger partial charge in [0.1, 0.15) is 23.6 Å². The van der Waals surface area contributed by atoms with Crippen LogP contribution < -0.4 is 10.5 Å². The second kappa shape index (κ2) is 9.26. The highest BCUT2D eigenvalue weighted by molar-refractivity contribution is 5.88. The van der Waals surface area contributed by atoms with Gasteiger partial charge in [0.25, 0.3) is 6.43 Å². The summed E-state index contributed by atoms with van der Waals surface area (Å²) in [6, 6.07) is 3.77. The third-order valence-electron chi connectivity index (χ3n) is 6.14. The van der Waals surface area contributed by atoms with Gasteiger partial charge >= 0.3 is 6.18 Å². The minimum absolute atomic E-state index is 0.0176. The molecule has 0 saturated carbocycles. The van der Waals surface area contributed by atoms with E-state index in [-0.39, 0.29) is 48.8 Å². The minimum atomic E-state index is -4.29. The standard InChI is InChI=1S/C22H22F5N7O/c1-11-13(6-28)5-12(18(35-2)15(11)14-7-33(8-14)9-22(25,26)27)3-4-34-21-16(17(32-34)19(23)24)20(29)30-10-31-21/h5,10,14,19H,3-4,7-9H2,1-2H3,(H2,29,30,31). The van der Waals surface area contributed by atoms with Crippen LogP contribution in [0.4, 0.5) is 27.8 Å². The average Bonchev–Trinajstić information content (AvgIpc) is 3.15. The van der Waals surface area contributed by atoms with Crippen molar-refractivity contribution < 1.29 is 26.7 Å². The van der Waals surface area contributed by atoms with E-state index in [4.69, 9.17) is 10.5 Å². The number of nitrogen functional groups attached to an aromatic ring is 1. The second-order valence-corrected chi connectivity index (χ2v) is 8.39. The molecule has 1 saturated heterocycles. The van der Waals surface area contributed by atoms with E-state index in [1.165, 1.54) is 16.7 Å². The molecule has 1 aliphatic rings. The zero-order valence-electron chi connectivity index (χ0n) is 18.9. The fraction of sp³-hybridized carbons (Fsp3) is 0.455. The van der Waals surface area contributed by atoms with Crippen LogP contribution in [0.25, 0.3) is 11.0 Å². The van der Waals surface area contributed by atoms with Crippen LogP contribution in [0, 0.1) is 18.3 Å². The SMILES string of the molecule is COc1c(CCn2nc(C(F)F)c3c(N)ncnc32)cc(C#N)c(C)c1C1CN(CC(F)(F)F)C1. The van der Waals surface area contributed by atoms with Crippen LogP contribution in [-0.4, -0.2) is 57.6 Å². The lowest BCUT2D eigenvalue weighted by Gasteiger charge is -2.41. The summed E-state index contributed by atoms with van der Waals surface area (Å²) < 4.78 is 72.2. The molecule has 0 amide bonds. The molecule has 0 unspecified atom stereocenters. The van der Waals surface area contributed by atoms with Crippen molar-refractivity contribution in [2.24, 2.45) is 0 Å². The molecule has 0 atom stereocenters. The molecule has 0 radical (unpaired) electrons. The monoisotopic (exact) mass is 495 g/mol. The minimum Gasteiger partial charge on any atom is -0.496 e. The Morgan fingerprint density at radius 2 is 2.00 bits per heavy atom. The van der Waals surface area contributed by atoms with Crippen LogP contribution in [-0.2, 0) is 13.0 Å². The Labute approximate surface area is 197 Å². The van der Waals surface area contributed by atoms with Crippen molar-refractivity contribution >= 4 is 16.9 Å². The number of nitriles is 1. The number of hydrogen-bond acceptors (Lipinski definition) is 7. The fourth-order valence-electron chi connectivity index (χ4n) is 4.60. The molecule has 8 nitrogen and oxygen atoms in total. The first-order chi connectivity index (χ1) is 16.5. The lowest BCUT2D eigenvalue weighted by atomic mass is 9.84. The molecule has 13 heteroatoms. The van der Waals surface area contributed by atoms with Crippen molar-refractivity contribution in [1.29, 1.82) is 5.26 Å². The number of fused-ring (bicyclic) bond motifs is 1. The molecule has 0 aliphatic carbocycles. The van der Waals surface area contributed by atoms with Crippen LogP contribution in [0.5, 0.6) is 5.75 Å². The molecule has 186 valence electrons. The predicted octanol–water partition coefficient (Wildman–Crippen LogP) is 3.74. The number of anilines is 1. The molecular formula is C22H22F5N7O. The lowest BCUT2D eigenvalue weighted by molar-refractivity contribution is -0.154. The van der Waals surface area contributed by atoms with Crippen molar-refractivity contribution in [1.82, 2.24) is 24.6 Å². The summed E-state index contributed by atoms with van der Waals surface area (Å²) in [5.41, 5.74) is 7.72. The molecule has 0 bridgehead atoms. The van der Waals surface area contributed by atoms with Crippen molar-refractivity contribution in [3.8, 4) is 11.8 Å². The number of benzene rings is 1. The molecule has 1 fully saturated rings. The van der Waals surface area contributed by atoms with Gasteiger partial charge in [0.15, 0.2) is 5.65 Å². The molecule has 1 aliphatic heterocycles. The zero-order chi connectivity index (χ0) is 25.5. The van der Waals surface area contributed by atoms with E-state index >= 15 is 0 Å². The van der Waals surface area contributed by atoms with Crippen molar-refractivity contribution in [3.63, 3.8) is 0 Å². The number of nitrogens with two attached hydrogens (primary N) is 1. The summed E-state index contributed by atoms with van der Waals surface area (Å²) in [6.45, 7) is 1.22. The van der Waals surface area contributed by atoms with Crippen molar-refractivity contribution in [2.75, 3.05) is 32.5 Å². The highest BCUT2D eigenvalue weighted by Crippen LogP contribution is 2.41. The quantitative estimate of drug-likeness (QED) is 0.498. The fourth-order valence-corrected chi connectivity index (χ4v) is 4.60. The maximum absolute atomic E-state index is 13.5. The Bertz CT molecular complexity index is 1290. The summed E-state index contributed by atoms with van der Waals surface area (Å²) in [4.78, 5) is 9.10. The van der Waals surface area contributed by atoms with Gasteiger partial charge in [-0.3, -0.25) is 4.90 Å². The van der Waals surface area contributed by atoms with E-state index < -0.39 is 24.8 Å². The van der Waals surface area contributed by atoms with E-state index in [1.807, 2.05) is 0 Å². The van der Waals surface area contributed by atoms with Crippen LogP contribution in [0.3, 0.4) is 0 Å². The predicted molar refractivity (Wildman–Crippen MR) is 116 cm³/mol. The van der Waals surface area contributed by atoms with Crippen LogP contribution in [0.2, 0.25) is 0 Å². The van der Waals surface area contributed by atoms with Gasteiger partial charge in [-0.25, -0.2) is 23.4 Å². The Morgan fingerprint density at radius 1 is 1.29 bits per heavy atom. The Balaban J connectivity index is 1.66. The maximum atomic E-state index is 13.5. The lowest BCUT2D eigenvalue weighted by Crippen LogP contribution is -2.49. The molecule has 0 spiro atoms. The van der Waals surface area contributed by atoms with Gasteiger partial charge in [-0.2, -0.15) is 23.5 Å². The first-order valence-corrected chi connectivity index (χ1v) is 10.7.